The van der Waals surface area contributed by atoms with Gasteiger partial charge in [-0.25, -0.2) is 4.39 Å². The third kappa shape index (κ3) is 8.11. The average Bonchev–Trinajstić information content (AvgIpc) is 2.72. The molecule has 0 aliphatic heterocycles. The fourth-order valence-corrected chi connectivity index (χ4v) is 3.88. The fraction of sp³-hybridized carbons (Fsp3) is 0.391. The van der Waals surface area contributed by atoms with Crippen molar-refractivity contribution in [2.24, 2.45) is 5.92 Å². The number of nitrogens with zero attached hydrogens (tertiary/aromatic N) is 1. The molecule has 2 aromatic rings. The van der Waals surface area contributed by atoms with Crippen molar-refractivity contribution in [2.75, 3.05) is 12.3 Å². The molecule has 2 aromatic carbocycles. The zero-order chi connectivity index (χ0) is 22.1. The third-order valence-electron chi connectivity index (χ3n) is 4.53. The van der Waals surface area contributed by atoms with Gasteiger partial charge in [0.1, 0.15) is 11.9 Å². The molecule has 1 N–H and O–H groups in total. The number of hydrogen-bond donors (Lipinski definition) is 1. The zero-order valence-electron chi connectivity index (χ0n) is 17.5. The summed E-state index contributed by atoms with van der Waals surface area (Å²) in [6.45, 7) is 6.75. The van der Waals surface area contributed by atoms with Crippen LogP contribution in [0.1, 0.15) is 31.9 Å². The first-order valence-corrected chi connectivity index (χ1v) is 11.8. The molecule has 0 saturated heterocycles. The number of hydrogen-bond acceptors (Lipinski definition) is 3. The van der Waals surface area contributed by atoms with Crippen LogP contribution in [0.5, 0.6) is 0 Å². The van der Waals surface area contributed by atoms with E-state index in [1.54, 1.807) is 24.0 Å². The van der Waals surface area contributed by atoms with Crippen LogP contribution in [0.3, 0.4) is 0 Å². The van der Waals surface area contributed by atoms with Gasteiger partial charge in [-0.15, -0.1) is 11.8 Å². The van der Waals surface area contributed by atoms with Crippen LogP contribution in [-0.2, 0) is 21.9 Å². The first-order chi connectivity index (χ1) is 14.3. The highest BCUT2D eigenvalue weighted by Gasteiger charge is 2.26. The van der Waals surface area contributed by atoms with E-state index < -0.39 is 6.04 Å². The zero-order valence-corrected chi connectivity index (χ0v) is 19.9. The van der Waals surface area contributed by atoms with Gasteiger partial charge in [-0.3, -0.25) is 9.59 Å². The van der Waals surface area contributed by atoms with Crippen LogP contribution in [0.15, 0.2) is 53.0 Å². The largest absolute Gasteiger partial charge is 0.354 e. The predicted molar refractivity (Wildman–Crippen MR) is 125 cm³/mol. The molecule has 1 unspecified atom stereocenters. The monoisotopic (exact) mass is 494 g/mol. The molecular formula is C23H28BrFN2O2S. The molecule has 0 radical (unpaired) electrons. The van der Waals surface area contributed by atoms with Crippen LogP contribution in [-0.4, -0.2) is 35.1 Å². The number of carbonyl (C=O) groups excluding carboxylic acids is 2. The van der Waals surface area contributed by atoms with Crippen LogP contribution in [0.2, 0.25) is 0 Å². The SMILES string of the molecule is CC(C)CNC(=O)C(C)N(Cc1ccc(Br)cc1)C(=O)CSCc1ccc(F)cc1. The van der Waals surface area contributed by atoms with Gasteiger partial charge in [-0.2, -0.15) is 0 Å². The van der Waals surface area contributed by atoms with E-state index in [1.807, 2.05) is 38.1 Å². The summed E-state index contributed by atoms with van der Waals surface area (Å²) in [5.41, 5.74) is 1.91. The molecule has 2 amide bonds. The smallest absolute Gasteiger partial charge is 0.242 e. The first-order valence-electron chi connectivity index (χ1n) is 9.90. The second-order valence-corrected chi connectivity index (χ2v) is 9.48. The van der Waals surface area contributed by atoms with Gasteiger partial charge in [0.05, 0.1) is 5.75 Å². The summed E-state index contributed by atoms with van der Waals surface area (Å²) < 4.78 is 14.0. The Balaban J connectivity index is 2.04. The van der Waals surface area contributed by atoms with Gasteiger partial charge in [0.15, 0.2) is 0 Å². The van der Waals surface area contributed by atoms with Crippen LogP contribution in [0.4, 0.5) is 4.39 Å². The summed E-state index contributed by atoms with van der Waals surface area (Å²) in [7, 11) is 0. The fourth-order valence-electron chi connectivity index (χ4n) is 2.74. The summed E-state index contributed by atoms with van der Waals surface area (Å²) in [5.74, 6) is 0.654. The number of thioether (sulfide) groups is 1. The number of carbonyl (C=O) groups is 2. The van der Waals surface area contributed by atoms with Gasteiger partial charge in [0.2, 0.25) is 11.8 Å². The molecule has 0 spiro atoms. The van der Waals surface area contributed by atoms with Crippen LogP contribution in [0.25, 0.3) is 0 Å². The van der Waals surface area contributed by atoms with Crippen molar-refractivity contribution in [3.8, 4) is 0 Å². The minimum atomic E-state index is -0.577. The lowest BCUT2D eigenvalue weighted by atomic mass is 10.1. The van der Waals surface area contributed by atoms with Crippen molar-refractivity contribution < 1.29 is 14.0 Å². The molecule has 162 valence electrons. The highest BCUT2D eigenvalue weighted by molar-refractivity contribution is 9.10. The number of halogens is 2. The topological polar surface area (TPSA) is 49.4 Å². The summed E-state index contributed by atoms with van der Waals surface area (Å²) >= 11 is 4.87. The molecule has 4 nitrogen and oxygen atoms in total. The maximum absolute atomic E-state index is 13.0. The van der Waals surface area contributed by atoms with Crippen LogP contribution >= 0.6 is 27.7 Å². The molecule has 0 saturated carbocycles. The van der Waals surface area contributed by atoms with Gasteiger partial charge in [0, 0.05) is 23.3 Å². The van der Waals surface area contributed by atoms with Gasteiger partial charge < -0.3 is 10.2 Å². The molecule has 0 aliphatic carbocycles. The lowest BCUT2D eigenvalue weighted by Crippen LogP contribution is -2.48. The Morgan fingerprint density at radius 2 is 1.63 bits per heavy atom. The Hall–Kier alpha value is -1.86. The summed E-state index contributed by atoms with van der Waals surface area (Å²) in [6.07, 6.45) is 0. The molecule has 0 aromatic heterocycles. The van der Waals surface area contributed by atoms with Crippen molar-refractivity contribution in [1.82, 2.24) is 10.2 Å². The van der Waals surface area contributed by atoms with E-state index in [0.717, 1.165) is 15.6 Å². The Morgan fingerprint density at radius 3 is 2.23 bits per heavy atom. The number of nitrogens with one attached hydrogen (secondary N) is 1. The summed E-state index contributed by atoms with van der Waals surface area (Å²) in [5, 5.41) is 2.92. The highest BCUT2D eigenvalue weighted by atomic mass is 79.9. The Labute approximate surface area is 190 Å². The van der Waals surface area contributed by atoms with Crippen molar-refractivity contribution in [2.45, 2.75) is 39.1 Å². The quantitative estimate of drug-likeness (QED) is 0.504. The maximum Gasteiger partial charge on any atom is 0.242 e. The normalized spacial score (nSPS) is 11.9. The van der Waals surface area contributed by atoms with Crippen molar-refractivity contribution in [3.05, 3.63) is 69.9 Å². The Kier molecular flexibility index (Phi) is 9.85. The van der Waals surface area contributed by atoms with Crippen LogP contribution in [0, 0.1) is 11.7 Å². The highest BCUT2D eigenvalue weighted by Crippen LogP contribution is 2.18. The first kappa shape index (κ1) is 24.4. The standard InChI is InChI=1S/C23H28BrFN2O2S/c1-16(2)12-26-23(29)17(3)27(13-18-4-8-20(24)9-5-18)22(28)15-30-14-19-6-10-21(25)11-7-19/h4-11,16-17H,12-15H2,1-3H3,(H,26,29). The molecule has 2 rings (SSSR count). The minimum absolute atomic E-state index is 0.0998. The molecular weight excluding hydrogens is 467 g/mol. The Bertz CT molecular complexity index is 828. The molecule has 1 atom stereocenters. The third-order valence-corrected chi connectivity index (χ3v) is 6.04. The van der Waals surface area contributed by atoms with E-state index in [4.69, 9.17) is 0 Å². The predicted octanol–water partition coefficient (Wildman–Crippen LogP) is 5.01. The molecule has 0 heterocycles. The van der Waals surface area contributed by atoms with E-state index in [0.29, 0.717) is 24.8 Å². The molecule has 0 bridgehead atoms. The molecule has 0 aliphatic rings. The van der Waals surface area contributed by atoms with E-state index in [2.05, 4.69) is 21.2 Å². The lowest BCUT2D eigenvalue weighted by molar-refractivity contribution is -0.138. The van der Waals surface area contributed by atoms with Gasteiger partial charge in [0.25, 0.3) is 0 Å². The second-order valence-electron chi connectivity index (χ2n) is 7.58. The van der Waals surface area contributed by atoms with Crippen molar-refractivity contribution in [3.63, 3.8) is 0 Å². The maximum atomic E-state index is 13.0. The molecule has 0 fully saturated rings. The number of rotatable bonds is 10. The minimum Gasteiger partial charge on any atom is -0.354 e. The summed E-state index contributed by atoms with van der Waals surface area (Å²) in [4.78, 5) is 27.2. The van der Waals surface area contributed by atoms with Crippen molar-refractivity contribution in [1.29, 1.82) is 0 Å². The van der Waals surface area contributed by atoms with Crippen molar-refractivity contribution >= 4 is 39.5 Å². The molecule has 30 heavy (non-hydrogen) atoms. The van der Waals surface area contributed by atoms with Crippen LogP contribution < -0.4 is 5.32 Å². The number of benzene rings is 2. The van der Waals surface area contributed by atoms with E-state index in [-0.39, 0.29) is 23.4 Å². The molecule has 7 heteroatoms. The van der Waals surface area contributed by atoms with Gasteiger partial charge in [-0.1, -0.05) is 54.0 Å². The Morgan fingerprint density at radius 1 is 1.03 bits per heavy atom. The van der Waals surface area contributed by atoms with E-state index in [1.165, 1.54) is 23.9 Å². The van der Waals surface area contributed by atoms with Gasteiger partial charge in [-0.05, 0) is 48.2 Å². The van der Waals surface area contributed by atoms with Gasteiger partial charge >= 0.3 is 0 Å². The average molecular weight is 495 g/mol. The van der Waals surface area contributed by atoms with E-state index in [9.17, 15) is 14.0 Å². The van der Waals surface area contributed by atoms with E-state index >= 15 is 0 Å². The summed E-state index contributed by atoms with van der Waals surface area (Å²) in [6, 6.07) is 13.4. The lowest BCUT2D eigenvalue weighted by Gasteiger charge is -2.29. The second kappa shape index (κ2) is 12.1. The number of amides is 2.